The molecule has 40 heavy (non-hydrogen) atoms. The highest BCUT2D eigenvalue weighted by Gasteiger charge is 2.44. The van der Waals surface area contributed by atoms with Gasteiger partial charge in [0.2, 0.25) is 5.91 Å². The molecule has 1 aliphatic rings. The zero-order chi connectivity index (χ0) is 29.2. The maximum absolute atomic E-state index is 15.1. The van der Waals surface area contributed by atoms with E-state index in [1.54, 1.807) is 0 Å². The highest BCUT2D eigenvalue weighted by atomic mass is 19.4. The van der Waals surface area contributed by atoms with Crippen LogP contribution in [0.5, 0.6) is 11.5 Å². The molecule has 0 unspecified atom stereocenters. The van der Waals surface area contributed by atoms with Crippen LogP contribution in [0.2, 0.25) is 0 Å². The molecule has 2 aromatic carbocycles. The van der Waals surface area contributed by atoms with E-state index in [0.717, 1.165) is 46.0 Å². The van der Waals surface area contributed by atoms with Crippen LogP contribution in [-0.4, -0.2) is 48.9 Å². The minimum atomic E-state index is -4.94. The summed E-state index contributed by atoms with van der Waals surface area (Å²) >= 11 is 0. The number of carbonyl (C=O) groups excluding carboxylic acids is 2. The summed E-state index contributed by atoms with van der Waals surface area (Å²) < 4.78 is 87.8. The lowest BCUT2D eigenvalue weighted by Crippen LogP contribution is -2.44. The number of hydrogen-bond acceptors (Lipinski definition) is 5. The van der Waals surface area contributed by atoms with Crippen LogP contribution in [-0.2, 0) is 11.3 Å². The van der Waals surface area contributed by atoms with E-state index < -0.39 is 60.2 Å². The molecule has 8 nitrogen and oxygen atoms in total. The van der Waals surface area contributed by atoms with Gasteiger partial charge in [-0.05, 0) is 48.0 Å². The van der Waals surface area contributed by atoms with Gasteiger partial charge in [0.25, 0.3) is 17.9 Å². The maximum atomic E-state index is 15.1. The molecule has 0 aliphatic carbocycles. The summed E-state index contributed by atoms with van der Waals surface area (Å²) in [7, 11) is 1.32. The lowest BCUT2D eigenvalue weighted by Gasteiger charge is -2.19. The van der Waals surface area contributed by atoms with E-state index in [9.17, 15) is 36.3 Å². The minimum absolute atomic E-state index is 0.000267. The van der Waals surface area contributed by atoms with Crippen molar-refractivity contribution in [3.63, 3.8) is 0 Å². The summed E-state index contributed by atoms with van der Waals surface area (Å²) in [5, 5.41) is 2.46. The van der Waals surface area contributed by atoms with Crippen LogP contribution in [0.4, 0.5) is 32.0 Å². The van der Waals surface area contributed by atoms with Gasteiger partial charge in [-0.25, -0.2) is 13.2 Å². The number of rotatable bonds is 8. The topological polar surface area (TPSA) is 89.9 Å². The quantitative estimate of drug-likeness (QED) is 0.413. The summed E-state index contributed by atoms with van der Waals surface area (Å²) in [6.45, 7) is -1.21. The lowest BCUT2D eigenvalue weighted by atomic mass is 9.93. The monoisotopic (exact) mass is 569 g/mol. The van der Waals surface area contributed by atoms with Crippen molar-refractivity contribution in [1.29, 1.82) is 0 Å². The van der Waals surface area contributed by atoms with Crippen LogP contribution < -0.4 is 25.2 Å². The minimum Gasteiger partial charge on any atom is -0.497 e. The number of ether oxygens (including phenoxy) is 2. The molecule has 2 amide bonds. The largest absolute Gasteiger partial charge is 0.573 e. The van der Waals surface area contributed by atoms with Crippen molar-refractivity contribution in [2.75, 3.05) is 18.6 Å². The lowest BCUT2D eigenvalue weighted by molar-refractivity contribution is -0.274. The second-order valence-electron chi connectivity index (χ2n) is 8.71. The summed E-state index contributed by atoms with van der Waals surface area (Å²) in [6.07, 6.45) is -6.65. The zero-order valence-corrected chi connectivity index (χ0v) is 20.6. The first kappa shape index (κ1) is 28.5. The van der Waals surface area contributed by atoms with Crippen molar-refractivity contribution in [1.82, 2.24) is 9.88 Å². The van der Waals surface area contributed by atoms with Crippen LogP contribution in [0.15, 0.2) is 65.6 Å². The van der Waals surface area contributed by atoms with Crippen molar-refractivity contribution in [2.24, 2.45) is 0 Å². The molecule has 14 heteroatoms. The molecule has 0 spiro atoms. The van der Waals surface area contributed by atoms with E-state index in [2.05, 4.69) is 10.1 Å². The number of anilines is 1. The van der Waals surface area contributed by atoms with Gasteiger partial charge in [0.1, 0.15) is 29.0 Å². The summed E-state index contributed by atoms with van der Waals surface area (Å²) in [4.78, 5) is 40.3. The first-order valence-electron chi connectivity index (χ1n) is 11.7. The van der Waals surface area contributed by atoms with Gasteiger partial charge in [-0.15, -0.1) is 13.2 Å². The third-order valence-electron chi connectivity index (χ3n) is 6.18. The first-order chi connectivity index (χ1) is 18.9. The molecule has 1 fully saturated rings. The van der Waals surface area contributed by atoms with Crippen molar-refractivity contribution < 1.29 is 45.4 Å². The SMILES string of the molecule is COc1ccc([C@@H]2CN(c3cccn(CC(F)F)c3=O)C(=O)[C@H]2NC(=O)c2ccc(OC(F)(F)F)cc2)c(F)c1. The third kappa shape index (κ3) is 6.21. The highest BCUT2D eigenvalue weighted by molar-refractivity contribution is 6.05. The van der Waals surface area contributed by atoms with Gasteiger partial charge in [0, 0.05) is 30.3 Å². The number of hydrogen-bond donors (Lipinski definition) is 1. The van der Waals surface area contributed by atoms with Gasteiger partial charge in [-0.2, -0.15) is 0 Å². The van der Waals surface area contributed by atoms with Crippen LogP contribution in [0, 0.1) is 5.82 Å². The number of nitrogens with one attached hydrogen (secondary N) is 1. The van der Waals surface area contributed by atoms with Crippen LogP contribution in [0.1, 0.15) is 21.8 Å². The molecule has 0 radical (unpaired) electrons. The second-order valence-corrected chi connectivity index (χ2v) is 8.71. The molecular weight excluding hydrogens is 548 g/mol. The maximum Gasteiger partial charge on any atom is 0.573 e. The van der Waals surface area contributed by atoms with E-state index in [1.165, 1.54) is 31.4 Å². The van der Waals surface area contributed by atoms with Gasteiger partial charge in [-0.3, -0.25) is 14.4 Å². The fourth-order valence-electron chi connectivity index (χ4n) is 4.38. The van der Waals surface area contributed by atoms with Crippen molar-refractivity contribution >= 4 is 17.5 Å². The molecule has 2 atom stereocenters. The number of pyridine rings is 1. The summed E-state index contributed by atoms with van der Waals surface area (Å²) in [6, 6.07) is 8.85. The normalized spacial score (nSPS) is 17.3. The van der Waals surface area contributed by atoms with Crippen LogP contribution >= 0.6 is 0 Å². The fraction of sp³-hybridized carbons (Fsp3) is 0.269. The summed E-state index contributed by atoms with van der Waals surface area (Å²) in [5.41, 5.74) is -1.27. The van der Waals surface area contributed by atoms with E-state index in [-0.39, 0.29) is 29.1 Å². The number of amides is 2. The second kappa shape index (κ2) is 11.3. The Morgan fingerprint density at radius 3 is 2.35 bits per heavy atom. The Balaban J connectivity index is 1.68. The number of alkyl halides is 5. The van der Waals surface area contributed by atoms with E-state index >= 15 is 4.39 Å². The molecular formula is C26H21F6N3O5. The van der Waals surface area contributed by atoms with E-state index in [0.29, 0.717) is 0 Å². The summed E-state index contributed by atoms with van der Waals surface area (Å²) in [5.74, 6) is -3.90. The number of halogens is 6. The van der Waals surface area contributed by atoms with Gasteiger partial charge in [0.15, 0.2) is 0 Å². The standard InChI is InChI=1S/C26H21F6N3O5/c1-39-16-8-9-17(19(27)11-16)18-12-35(20-3-2-10-34(24(20)37)13-21(28)29)25(38)22(18)33-23(36)14-4-6-15(7-5-14)40-26(30,31)32/h2-11,18,21-22H,12-13H2,1H3,(H,33,36)/t18-,22-/m0/s1. The molecule has 1 aromatic heterocycles. The number of benzene rings is 2. The number of aromatic nitrogens is 1. The molecule has 1 saturated heterocycles. The van der Waals surface area contributed by atoms with Gasteiger partial charge >= 0.3 is 6.36 Å². The molecule has 4 rings (SSSR count). The highest BCUT2D eigenvalue weighted by Crippen LogP contribution is 2.34. The molecule has 1 N–H and O–H groups in total. The smallest absolute Gasteiger partial charge is 0.497 e. The third-order valence-corrected chi connectivity index (χ3v) is 6.18. The van der Waals surface area contributed by atoms with Crippen molar-refractivity contribution in [3.8, 4) is 11.5 Å². The van der Waals surface area contributed by atoms with Crippen molar-refractivity contribution in [2.45, 2.75) is 31.3 Å². The predicted octanol–water partition coefficient (Wildman–Crippen LogP) is 4.09. The van der Waals surface area contributed by atoms with Crippen molar-refractivity contribution in [3.05, 3.63) is 88.1 Å². The Labute approximate surface area is 222 Å². The Hall–Kier alpha value is -4.49. The van der Waals surface area contributed by atoms with Gasteiger partial charge in [-0.1, -0.05) is 6.07 Å². The average Bonchev–Trinajstić information content (AvgIpc) is 3.19. The van der Waals surface area contributed by atoms with E-state index in [4.69, 9.17) is 4.74 Å². The van der Waals surface area contributed by atoms with Crippen LogP contribution in [0.25, 0.3) is 0 Å². The molecule has 2 heterocycles. The molecule has 1 aliphatic heterocycles. The molecule has 0 saturated carbocycles. The fourth-order valence-corrected chi connectivity index (χ4v) is 4.38. The Kier molecular flexibility index (Phi) is 8.07. The number of methoxy groups -OCH3 is 1. The zero-order valence-electron chi connectivity index (χ0n) is 20.6. The molecule has 0 bridgehead atoms. The Morgan fingerprint density at radius 1 is 1.07 bits per heavy atom. The predicted molar refractivity (Wildman–Crippen MR) is 129 cm³/mol. The molecule has 3 aromatic rings. The first-order valence-corrected chi connectivity index (χ1v) is 11.7. The number of carbonyl (C=O) groups is 2. The molecule has 212 valence electrons. The average molecular weight is 569 g/mol. The Morgan fingerprint density at radius 2 is 1.75 bits per heavy atom. The Bertz CT molecular complexity index is 1460. The van der Waals surface area contributed by atoms with E-state index in [1.807, 2.05) is 0 Å². The van der Waals surface area contributed by atoms with Gasteiger partial charge < -0.3 is 24.3 Å². The van der Waals surface area contributed by atoms with Gasteiger partial charge in [0.05, 0.1) is 13.7 Å². The van der Waals surface area contributed by atoms with Crippen LogP contribution in [0.3, 0.4) is 0 Å². The number of nitrogens with zero attached hydrogens (tertiary/aromatic N) is 2.